The van der Waals surface area contributed by atoms with Crippen molar-refractivity contribution in [2.24, 2.45) is 5.92 Å². The summed E-state index contributed by atoms with van der Waals surface area (Å²) < 4.78 is 15.8. The Bertz CT molecular complexity index is 1160. The Morgan fingerprint density at radius 3 is 2.82 bits per heavy atom. The molecule has 0 spiro atoms. The topological polar surface area (TPSA) is 86.9 Å². The maximum atomic E-state index is 14.1. The number of aliphatic hydroxyl groups excluding tert-OH is 1. The van der Waals surface area contributed by atoms with Gasteiger partial charge in [0.05, 0.1) is 29.6 Å². The number of hydrogen-bond acceptors (Lipinski definition) is 4. The van der Waals surface area contributed by atoms with E-state index in [0.29, 0.717) is 29.6 Å². The van der Waals surface area contributed by atoms with Crippen molar-refractivity contribution in [1.82, 2.24) is 19.6 Å². The molecular formula is C24H26ClFN4O3. The van der Waals surface area contributed by atoms with Crippen LogP contribution in [-0.4, -0.2) is 56.4 Å². The number of carbonyl (C=O) groups excluding carboxylic acids is 2. The molecule has 1 aliphatic rings. The van der Waals surface area contributed by atoms with Gasteiger partial charge < -0.3 is 19.7 Å². The fourth-order valence-corrected chi connectivity index (χ4v) is 4.57. The van der Waals surface area contributed by atoms with Crippen molar-refractivity contribution in [3.63, 3.8) is 0 Å². The average Bonchev–Trinajstić information content (AvgIpc) is 3.26. The molecule has 1 fully saturated rings. The highest BCUT2D eigenvalue weighted by Gasteiger charge is 2.36. The lowest BCUT2D eigenvalue weighted by molar-refractivity contribution is -0.132. The largest absolute Gasteiger partial charge is 0.383 e. The Balaban J connectivity index is 1.62. The summed E-state index contributed by atoms with van der Waals surface area (Å²) >= 11 is 6.08. The van der Waals surface area contributed by atoms with Gasteiger partial charge in [-0.3, -0.25) is 9.59 Å². The molecule has 174 valence electrons. The van der Waals surface area contributed by atoms with Crippen LogP contribution in [0, 0.1) is 11.7 Å². The van der Waals surface area contributed by atoms with Crippen LogP contribution in [0.4, 0.5) is 4.39 Å². The molecule has 1 aromatic carbocycles. The van der Waals surface area contributed by atoms with Crippen LogP contribution in [0.2, 0.25) is 5.02 Å². The third-order valence-corrected chi connectivity index (χ3v) is 6.34. The highest BCUT2D eigenvalue weighted by atomic mass is 35.5. The van der Waals surface area contributed by atoms with Crippen LogP contribution < -0.4 is 5.32 Å². The number of pyridine rings is 1. The molecular weight excluding hydrogens is 447 g/mol. The van der Waals surface area contributed by atoms with E-state index in [4.69, 9.17) is 11.6 Å². The Morgan fingerprint density at radius 2 is 2.09 bits per heavy atom. The van der Waals surface area contributed by atoms with E-state index in [1.807, 2.05) is 6.20 Å². The molecule has 7 nitrogen and oxygen atoms in total. The quantitative estimate of drug-likeness (QED) is 0.596. The van der Waals surface area contributed by atoms with Gasteiger partial charge in [-0.05, 0) is 48.2 Å². The molecule has 0 radical (unpaired) electrons. The van der Waals surface area contributed by atoms with Crippen molar-refractivity contribution in [3.8, 4) is 0 Å². The Morgan fingerprint density at radius 1 is 1.30 bits per heavy atom. The summed E-state index contributed by atoms with van der Waals surface area (Å²) in [5, 5.41) is 13.4. The summed E-state index contributed by atoms with van der Waals surface area (Å²) in [7, 11) is 0. The van der Waals surface area contributed by atoms with Gasteiger partial charge in [-0.2, -0.15) is 0 Å². The number of nitrogens with one attached hydrogen (secondary N) is 1. The van der Waals surface area contributed by atoms with E-state index < -0.39 is 23.9 Å². The minimum Gasteiger partial charge on any atom is -0.383 e. The first-order chi connectivity index (χ1) is 15.7. The van der Waals surface area contributed by atoms with Crippen LogP contribution >= 0.6 is 11.6 Å². The molecule has 2 aromatic heterocycles. The van der Waals surface area contributed by atoms with E-state index in [1.54, 1.807) is 53.9 Å². The fourth-order valence-electron chi connectivity index (χ4n) is 4.34. The number of imidazole rings is 1. The number of benzene rings is 1. The fraction of sp³-hybridized carbons (Fsp3) is 0.375. The van der Waals surface area contributed by atoms with E-state index >= 15 is 0 Å². The normalized spacial score (nSPS) is 19.6. The van der Waals surface area contributed by atoms with Gasteiger partial charge in [0.25, 0.3) is 5.91 Å². The zero-order valence-electron chi connectivity index (χ0n) is 18.4. The van der Waals surface area contributed by atoms with E-state index in [-0.39, 0.29) is 29.3 Å². The van der Waals surface area contributed by atoms with Gasteiger partial charge in [0, 0.05) is 30.2 Å². The third kappa shape index (κ3) is 4.86. The molecule has 4 rings (SSSR count). The molecule has 3 aromatic rings. The molecule has 1 aliphatic heterocycles. The zero-order valence-corrected chi connectivity index (χ0v) is 19.2. The molecule has 9 heteroatoms. The number of fused-ring (bicyclic) bond motifs is 1. The van der Waals surface area contributed by atoms with Crippen LogP contribution in [0.5, 0.6) is 0 Å². The van der Waals surface area contributed by atoms with Crippen LogP contribution in [-0.2, 0) is 4.79 Å². The molecule has 3 atom stereocenters. The molecule has 1 saturated heterocycles. The summed E-state index contributed by atoms with van der Waals surface area (Å²) in [4.78, 5) is 31.8. The number of piperidine rings is 1. The lowest BCUT2D eigenvalue weighted by atomic mass is 9.84. The van der Waals surface area contributed by atoms with E-state index in [2.05, 4.69) is 10.3 Å². The van der Waals surface area contributed by atoms with Crippen LogP contribution in [0.3, 0.4) is 0 Å². The predicted molar refractivity (Wildman–Crippen MR) is 123 cm³/mol. The maximum Gasteiger partial charge on any atom is 0.256 e. The summed E-state index contributed by atoms with van der Waals surface area (Å²) in [6.07, 6.45) is 4.38. The Hall–Kier alpha value is -2.97. The van der Waals surface area contributed by atoms with Gasteiger partial charge >= 0.3 is 0 Å². The highest BCUT2D eigenvalue weighted by Crippen LogP contribution is 2.32. The van der Waals surface area contributed by atoms with Gasteiger partial charge in [0.1, 0.15) is 11.9 Å². The average molecular weight is 473 g/mol. The zero-order chi connectivity index (χ0) is 23.7. The van der Waals surface area contributed by atoms with Crippen molar-refractivity contribution in [1.29, 1.82) is 0 Å². The molecule has 3 heterocycles. The summed E-state index contributed by atoms with van der Waals surface area (Å²) in [6, 6.07) is 7.31. The number of nitrogens with zero attached hydrogens (tertiary/aromatic N) is 3. The second-order valence-electron chi connectivity index (χ2n) is 8.76. The van der Waals surface area contributed by atoms with Crippen LogP contribution in [0.25, 0.3) is 5.52 Å². The van der Waals surface area contributed by atoms with E-state index in [0.717, 1.165) is 0 Å². The van der Waals surface area contributed by atoms with Gasteiger partial charge in [-0.15, -0.1) is 0 Å². The molecule has 2 N–H and O–H groups in total. The number of rotatable bonds is 5. The minimum atomic E-state index is -1.19. The lowest BCUT2D eigenvalue weighted by Crippen LogP contribution is -2.55. The first kappa shape index (κ1) is 23.2. The van der Waals surface area contributed by atoms with Crippen molar-refractivity contribution >= 4 is 28.9 Å². The number of halogens is 2. The minimum absolute atomic E-state index is 0.180. The molecule has 0 saturated carbocycles. The lowest BCUT2D eigenvalue weighted by Gasteiger charge is -2.40. The Kier molecular flexibility index (Phi) is 6.67. The third-order valence-electron chi connectivity index (χ3n) is 6.12. The molecule has 0 aliphatic carbocycles. The van der Waals surface area contributed by atoms with Crippen molar-refractivity contribution in [3.05, 3.63) is 71.0 Å². The first-order valence-electron chi connectivity index (χ1n) is 10.9. The second-order valence-corrected chi connectivity index (χ2v) is 9.20. The number of likely N-dealkylation sites (tertiary alicyclic amines) is 1. The predicted octanol–water partition coefficient (Wildman–Crippen LogP) is 3.26. The molecule has 2 amide bonds. The molecule has 0 unspecified atom stereocenters. The number of hydrogen-bond donors (Lipinski definition) is 2. The van der Waals surface area contributed by atoms with Gasteiger partial charge in [0.2, 0.25) is 5.91 Å². The SMILES string of the molecule is CC(C)[C@@H](O)C(=O)N[C@@H]1CN(C(=O)c2cccn3cncc23)CC[C@H]1c1cc(F)cc(Cl)c1. The number of aromatic nitrogens is 2. The molecule has 33 heavy (non-hydrogen) atoms. The van der Waals surface area contributed by atoms with Gasteiger partial charge in [0.15, 0.2) is 0 Å². The van der Waals surface area contributed by atoms with Crippen LogP contribution in [0.15, 0.2) is 49.1 Å². The maximum absolute atomic E-state index is 14.1. The van der Waals surface area contributed by atoms with Gasteiger partial charge in [-0.1, -0.05) is 25.4 Å². The van der Waals surface area contributed by atoms with Crippen molar-refractivity contribution in [2.75, 3.05) is 13.1 Å². The highest BCUT2D eigenvalue weighted by molar-refractivity contribution is 6.30. The Labute approximate surface area is 196 Å². The van der Waals surface area contributed by atoms with Crippen LogP contribution in [0.1, 0.15) is 42.1 Å². The smallest absolute Gasteiger partial charge is 0.256 e. The number of aliphatic hydroxyl groups is 1. The second kappa shape index (κ2) is 9.49. The molecule has 0 bridgehead atoms. The van der Waals surface area contributed by atoms with Crippen molar-refractivity contribution in [2.45, 2.75) is 38.3 Å². The number of carbonyl (C=O) groups is 2. The summed E-state index contributed by atoms with van der Waals surface area (Å²) in [5.74, 6) is -1.70. The monoisotopic (exact) mass is 472 g/mol. The summed E-state index contributed by atoms with van der Waals surface area (Å²) in [5.41, 5.74) is 1.85. The number of amides is 2. The first-order valence-corrected chi connectivity index (χ1v) is 11.3. The van der Waals surface area contributed by atoms with Crippen molar-refractivity contribution < 1.29 is 19.1 Å². The van der Waals surface area contributed by atoms with E-state index in [9.17, 15) is 19.1 Å². The van der Waals surface area contributed by atoms with Gasteiger partial charge in [-0.25, -0.2) is 9.37 Å². The summed E-state index contributed by atoms with van der Waals surface area (Å²) in [6.45, 7) is 4.13. The van der Waals surface area contributed by atoms with E-state index in [1.165, 1.54) is 12.1 Å². The standard InChI is InChI=1S/C24H26ClFN4O3/c1-14(2)22(31)23(32)28-20-12-29(7-5-18(20)15-8-16(25)10-17(26)9-15)24(33)19-4-3-6-30-13-27-11-21(19)30/h3-4,6,8-11,13-14,18,20,22,31H,5,7,12H2,1-2H3,(H,28,32)/t18-,20+,22+/m0/s1.